The molecule has 106 valence electrons. The summed E-state index contributed by atoms with van der Waals surface area (Å²) < 4.78 is 0. The molecule has 4 nitrogen and oxygen atoms in total. The quantitative estimate of drug-likeness (QED) is 0.869. The van der Waals surface area contributed by atoms with Crippen LogP contribution in [0.5, 0.6) is 0 Å². The van der Waals surface area contributed by atoms with Crippen molar-refractivity contribution in [1.82, 2.24) is 15.6 Å². The van der Waals surface area contributed by atoms with Crippen LogP contribution in [0.3, 0.4) is 0 Å². The highest BCUT2D eigenvalue weighted by atomic mass is 32.1. The molecule has 0 spiro atoms. The molecule has 0 aromatic carbocycles. The van der Waals surface area contributed by atoms with Crippen LogP contribution in [0.25, 0.3) is 0 Å². The van der Waals surface area contributed by atoms with Crippen LogP contribution >= 0.6 is 11.3 Å². The number of hydrogen-bond acceptors (Lipinski definition) is 4. The predicted molar refractivity (Wildman–Crippen MR) is 78.6 cm³/mol. The highest BCUT2D eigenvalue weighted by Crippen LogP contribution is 2.14. The smallest absolute Gasteiger partial charge is 0.270 e. The summed E-state index contributed by atoms with van der Waals surface area (Å²) in [6, 6.07) is 0. The summed E-state index contributed by atoms with van der Waals surface area (Å²) in [7, 11) is 0. The molecule has 1 aliphatic rings. The Morgan fingerprint density at radius 3 is 3.16 bits per heavy atom. The standard InChI is InChI=1S/C14H23N3OS/c1-10(2)6-13-17-12(9-19-13)14(18)16-8-11-4-3-5-15-7-11/h9-11,15H,3-8H2,1-2H3,(H,16,18). The summed E-state index contributed by atoms with van der Waals surface area (Å²) in [5.74, 6) is 1.11. The third kappa shape index (κ3) is 4.58. The third-order valence-electron chi connectivity index (χ3n) is 3.32. The van der Waals surface area contributed by atoms with Gasteiger partial charge in [0.15, 0.2) is 0 Å². The number of carbonyl (C=O) groups excluding carboxylic acids is 1. The average Bonchev–Trinajstić information content (AvgIpc) is 2.85. The van der Waals surface area contributed by atoms with Gasteiger partial charge in [-0.05, 0) is 37.8 Å². The van der Waals surface area contributed by atoms with E-state index in [0.29, 0.717) is 17.5 Å². The Kier molecular flexibility index (Phi) is 5.34. The molecule has 1 saturated heterocycles. The predicted octanol–water partition coefficient (Wildman–Crippen LogP) is 2.07. The van der Waals surface area contributed by atoms with Crippen molar-refractivity contribution in [3.8, 4) is 0 Å². The lowest BCUT2D eigenvalue weighted by molar-refractivity contribution is 0.0940. The van der Waals surface area contributed by atoms with Gasteiger partial charge in [0, 0.05) is 18.3 Å². The van der Waals surface area contributed by atoms with Crippen LogP contribution in [0, 0.1) is 11.8 Å². The van der Waals surface area contributed by atoms with E-state index in [0.717, 1.165) is 31.1 Å². The van der Waals surface area contributed by atoms with Crippen molar-refractivity contribution in [2.75, 3.05) is 19.6 Å². The molecule has 2 heterocycles. The molecule has 0 saturated carbocycles. The van der Waals surface area contributed by atoms with E-state index in [9.17, 15) is 4.79 Å². The topological polar surface area (TPSA) is 54.0 Å². The Morgan fingerprint density at radius 2 is 2.47 bits per heavy atom. The maximum atomic E-state index is 12.0. The number of nitrogens with zero attached hydrogens (tertiary/aromatic N) is 1. The average molecular weight is 281 g/mol. The van der Waals surface area contributed by atoms with E-state index in [-0.39, 0.29) is 5.91 Å². The minimum atomic E-state index is -0.0307. The van der Waals surface area contributed by atoms with Crippen molar-refractivity contribution in [3.05, 3.63) is 16.1 Å². The van der Waals surface area contributed by atoms with Gasteiger partial charge in [0.1, 0.15) is 5.69 Å². The Bertz CT molecular complexity index is 411. The number of piperidine rings is 1. The van der Waals surface area contributed by atoms with Gasteiger partial charge in [-0.3, -0.25) is 4.79 Å². The minimum Gasteiger partial charge on any atom is -0.350 e. The maximum Gasteiger partial charge on any atom is 0.270 e. The van der Waals surface area contributed by atoms with Crippen molar-refractivity contribution in [2.45, 2.75) is 33.1 Å². The first-order valence-electron chi connectivity index (χ1n) is 7.08. The monoisotopic (exact) mass is 281 g/mol. The van der Waals surface area contributed by atoms with Crippen LogP contribution in [0.2, 0.25) is 0 Å². The van der Waals surface area contributed by atoms with Crippen molar-refractivity contribution in [3.63, 3.8) is 0 Å². The van der Waals surface area contributed by atoms with Gasteiger partial charge in [-0.2, -0.15) is 0 Å². The van der Waals surface area contributed by atoms with E-state index >= 15 is 0 Å². The number of carbonyl (C=O) groups is 1. The summed E-state index contributed by atoms with van der Waals surface area (Å²) in [6.45, 7) is 7.20. The fourth-order valence-electron chi connectivity index (χ4n) is 2.28. The first kappa shape index (κ1) is 14.5. The summed E-state index contributed by atoms with van der Waals surface area (Å²) in [5.41, 5.74) is 0.574. The Labute approximate surface area is 119 Å². The highest BCUT2D eigenvalue weighted by molar-refractivity contribution is 7.09. The lowest BCUT2D eigenvalue weighted by Crippen LogP contribution is -2.38. The van der Waals surface area contributed by atoms with Crippen LogP contribution in [0.15, 0.2) is 5.38 Å². The summed E-state index contributed by atoms with van der Waals surface area (Å²) in [4.78, 5) is 16.4. The van der Waals surface area contributed by atoms with Crippen LogP contribution < -0.4 is 10.6 Å². The molecule has 5 heteroatoms. The maximum absolute atomic E-state index is 12.0. The minimum absolute atomic E-state index is 0.0307. The van der Waals surface area contributed by atoms with Crippen molar-refractivity contribution in [1.29, 1.82) is 0 Å². The highest BCUT2D eigenvalue weighted by Gasteiger charge is 2.16. The lowest BCUT2D eigenvalue weighted by Gasteiger charge is -2.22. The fourth-order valence-corrected chi connectivity index (χ4v) is 3.27. The van der Waals surface area contributed by atoms with Gasteiger partial charge >= 0.3 is 0 Å². The number of nitrogens with one attached hydrogen (secondary N) is 2. The normalized spacial score (nSPS) is 19.6. The first-order chi connectivity index (χ1) is 9.15. The van der Waals surface area contributed by atoms with E-state index in [1.807, 2.05) is 5.38 Å². The Morgan fingerprint density at radius 1 is 1.63 bits per heavy atom. The second-order valence-electron chi connectivity index (χ2n) is 5.65. The molecule has 2 N–H and O–H groups in total. The van der Waals surface area contributed by atoms with E-state index in [2.05, 4.69) is 29.5 Å². The third-order valence-corrected chi connectivity index (χ3v) is 4.19. The van der Waals surface area contributed by atoms with Gasteiger partial charge < -0.3 is 10.6 Å². The van der Waals surface area contributed by atoms with Crippen molar-refractivity contribution in [2.24, 2.45) is 11.8 Å². The molecule has 1 fully saturated rings. The van der Waals surface area contributed by atoms with Crippen LogP contribution in [0.1, 0.15) is 42.2 Å². The molecule has 1 aromatic rings. The Balaban J connectivity index is 1.80. The van der Waals surface area contributed by atoms with Gasteiger partial charge in [0.2, 0.25) is 0 Å². The summed E-state index contributed by atoms with van der Waals surface area (Å²) in [6.07, 6.45) is 3.35. The number of amides is 1. The molecular formula is C14H23N3OS. The molecule has 1 atom stereocenters. The van der Waals surface area contributed by atoms with E-state index in [4.69, 9.17) is 0 Å². The molecule has 2 rings (SSSR count). The molecule has 0 radical (unpaired) electrons. The van der Waals surface area contributed by atoms with Gasteiger partial charge in [-0.15, -0.1) is 11.3 Å². The Hall–Kier alpha value is -0.940. The van der Waals surface area contributed by atoms with Gasteiger partial charge in [0.05, 0.1) is 5.01 Å². The fraction of sp³-hybridized carbons (Fsp3) is 0.714. The number of rotatable bonds is 5. The molecule has 1 aliphatic heterocycles. The van der Waals surface area contributed by atoms with Gasteiger partial charge in [-0.25, -0.2) is 4.98 Å². The largest absolute Gasteiger partial charge is 0.350 e. The number of thiazole rings is 1. The molecule has 1 amide bonds. The van der Waals surface area contributed by atoms with Gasteiger partial charge in [-0.1, -0.05) is 13.8 Å². The zero-order chi connectivity index (χ0) is 13.7. The number of aromatic nitrogens is 1. The molecule has 19 heavy (non-hydrogen) atoms. The summed E-state index contributed by atoms with van der Waals surface area (Å²) in [5, 5.41) is 9.28. The van der Waals surface area contributed by atoms with Crippen LogP contribution in [-0.4, -0.2) is 30.5 Å². The first-order valence-corrected chi connectivity index (χ1v) is 7.96. The molecular weight excluding hydrogens is 258 g/mol. The SMILES string of the molecule is CC(C)Cc1nc(C(=O)NCC2CCCNC2)cs1. The van der Waals surface area contributed by atoms with E-state index in [1.165, 1.54) is 12.8 Å². The van der Waals surface area contributed by atoms with Gasteiger partial charge in [0.25, 0.3) is 5.91 Å². The van der Waals surface area contributed by atoms with E-state index in [1.54, 1.807) is 11.3 Å². The second kappa shape index (κ2) is 7.01. The van der Waals surface area contributed by atoms with Crippen LogP contribution in [0.4, 0.5) is 0 Å². The van der Waals surface area contributed by atoms with Crippen molar-refractivity contribution < 1.29 is 4.79 Å². The molecule has 1 aromatic heterocycles. The lowest BCUT2D eigenvalue weighted by atomic mass is 10.00. The zero-order valence-electron chi connectivity index (χ0n) is 11.7. The summed E-state index contributed by atoms with van der Waals surface area (Å²) >= 11 is 1.58. The van der Waals surface area contributed by atoms with E-state index < -0.39 is 0 Å². The molecule has 0 bridgehead atoms. The van der Waals surface area contributed by atoms with Crippen LogP contribution in [-0.2, 0) is 6.42 Å². The molecule has 0 aliphatic carbocycles. The zero-order valence-corrected chi connectivity index (χ0v) is 12.6. The number of hydrogen-bond donors (Lipinski definition) is 2. The van der Waals surface area contributed by atoms with Crippen molar-refractivity contribution >= 4 is 17.2 Å². The molecule has 1 unspecified atom stereocenters. The second-order valence-corrected chi connectivity index (χ2v) is 6.59.